The molecule has 1 aliphatic rings. The van der Waals surface area contributed by atoms with E-state index in [-0.39, 0.29) is 11.9 Å². The van der Waals surface area contributed by atoms with Gasteiger partial charge in [-0.15, -0.1) is 0 Å². The topological polar surface area (TPSA) is 67.9 Å². The van der Waals surface area contributed by atoms with Gasteiger partial charge in [0, 0.05) is 0 Å². The minimum atomic E-state index is -1.09. The second-order valence-corrected chi connectivity index (χ2v) is 7.37. The Bertz CT molecular complexity index is 628. The molecule has 6 heteroatoms. The van der Waals surface area contributed by atoms with E-state index in [1.807, 2.05) is 56.0 Å². The summed E-state index contributed by atoms with van der Waals surface area (Å²) in [6.45, 7) is 9.49. The van der Waals surface area contributed by atoms with E-state index >= 15 is 0 Å². The zero-order valence-corrected chi connectivity index (χ0v) is 15.8. The molecule has 1 aliphatic heterocycles. The van der Waals surface area contributed by atoms with Gasteiger partial charge in [0.25, 0.3) is 0 Å². The molecular weight excluding hydrogens is 320 g/mol. The highest BCUT2D eigenvalue weighted by atomic mass is 16.5. The molecule has 138 valence electrons. The fourth-order valence-electron chi connectivity index (χ4n) is 3.33. The lowest BCUT2D eigenvalue weighted by molar-refractivity contribution is -0.151. The van der Waals surface area contributed by atoms with Gasteiger partial charge in [0.05, 0.1) is 25.8 Å². The number of methoxy groups -OCH3 is 1. The van der Waals surface area contributed by atoms with Gasteiger partial charge in [-0.1, -0.05) is 30.3 Å². The number of nitrogens with one attached hydrogen (secondary N) is 1. The Kier molecular flexibility index (Phi) is 5.54. The molecule has 1 aromatic carbocycles. The molecular formula is C19H28N2O4. The second kappa shape index (κ2) is 7.14. The normalized spacial score (nSPS) is 21.6. The minimum absolute atomic E-state index is 0.0295. The van der Waals surface area contributed by atoms with Crippen molar-refractivity contribution in [3.8, 4) is 0 Å². The molecule has 0 aromatic heterocycles. The third kappa shape index (κ3) is 4.02. The van der Waals surface area contributed by atoms with Crippen molar-refractivity contribution in [2.75, 3.05) is 13.7 Å². The number of esters is 1. The summed E-state index contributed by atoms with van der Waals surface area (Å²) < 4.78 is 10.7. The van der Waals surface area contributed by atoms with Crippen molar-refractivity contribution < 1.29 is 19.1 Å². The van der Waals surface area contributed by atoms with E-state index in [0.29, 0.717) is 6.61 Å². The molecule has 0 spiro atoms. The van der Waals surface area contributed by atoms with Crippen LogP contribution in [0.3, 0.4) is 0 Å². The van der Waals surface area contributed by atoms with Crippen LogP contribution in [0.2, 0.25) is 0 Å². The second-order valence-electron chi connectivity index (χ2n) is 7.37. The number of hydrogen-bond donors (Lipinski definition) is 1. The van der Waals surface area contributed by atoms with Crippen LogP contribution in [0.1, 0.15) is 46.2 Å². The third-order valence-corrected chi connectivity index (χ3v) is 4.66. The van der Waals surface area contributed by atoms with Gasteiger partial charge in [-0.05, 0) is 40.2 Å². The van der Waals surface area contributed by atoms with E-state index in [4.69, 9.17) is 9.47 Å². The highest BCUT2D eigenvalue weighted by Crippen LogP contribution is 2.38. The summed E-state index contributed by atoms with van der Waals surface area (Å²) in [4.78, 5) is 26.7. The maximum Gasteiger partial charge on any atom is 0.330 e. The van der Waals surface area contributed by atoms with E-state index in [9.17, 15) is 9.59 Å². The molecule has 25 heavy (non-hydrogen) atoms. The summed E-state index contributed by atoms with van der Waals surface area (Å²) in [5.74, 6) is -0.723. The SMILES string of the molecule is COC(=O)C(C)(C)NC(=O)[C@H](C)N1[C@H](c2ccccc2)COC1(C)C. The number of carbonyl (C=O) groups is 2. The van der Waals surface area contributed by atoms with Crippen molar-refractivity contribution in [3.05, 3.63) is 35.9 Å². The number of rotatable bonds is 5. The summed E-state index contributed by atoms with van der Waals surface area (Å²) >= 11 is 0. The van der Waals surface area contributed by atoms with Gasteiger partial charge >= 0.3 is 5.97 Å². The van der Waals surface area contributed by atoms with Crippen molar-refractivity contribution in [3.63, 3.8) is 0 Å². The lowest BCUT2D eigenvalue weighted by atomic mass is 10.0. The fraction of sp³-hybridized carbons (Fsp3) is 0.579. The van der Waals surface area contributed by atoms with Crippen LogP contribution in [0.4, 0.5) is 0 Å². The predicted molar refractivity (Wildman–Crippen MR) is 94.8 cm³/mol. The molecule has 2 atom stereocenters. The first-order valence-electron chi connectivity index (χ1n) is 8.48. The highest BCUT2D eigenvalue weighted by Gasteiger charge is 2.46. The molecule has 0 saturated carbocycles. The van der Waals surface area contributed by atoms with Gasteiger partial charge in [0.1, 0.15) is 11.3 Å². The molecule has 1 saturated heterocycles. The van der Waals surface area contributed by atoms with Crippen LogP contribution in [-0.2, 0) is 19.1 Å². The average Bonchev–Trinajstić information content (AvgIpc) is 2.88. The maximum atomic E-state index is 12.8. The Morgan fingerprint density at radius 2 is 1.92 bits per heavy atom. The molecule has 6 nitrogen and oxygen atoms in total. The third-order valence-electron chi connectivity index (χ3n) is 4.66. The predicted octanol–water partition coefficient (Wildman–Crippen LogP) is 2.25. The Morgan fingerprint density at radius 1 is 1.32 bits per heavy atom. The Morgan fingerprint density at radius 3 is 2.48 bits per heavy atom. The molecule has 1 amide bonds. The Labute approximate surface area is 149 Å². The van der Waals surface area contributed by atoms with Gasteiger partial charge in [-0.25, -0.2) is 4.79 Å². The molecule has 1 heterocycles. The molecule has 2 rings (SSSR count). The smallest absolute Gasteiger partial charge is 0.330 e. The van der Waals surface area contributed by atoms with E-state index in [1.165, 1.54) is 7.11 Å². The monoisotopic (exact) mass is 348 g/mol. The van der Waals surface area contributed by atoms with E-state index in [2.05, 4.69) is 5.32 Å². The van der Waals surface area contributed by atoms with Gasteiger partial charge in [-0.3, -0.25) is 9.69 Å². The molecule has 1 aromatic rings. The van der Waals surface area contributed by atoms with E-state index < -0.39 is 23.3 Å². The molecule has 1 N–H and O–H groups in total. The number of hydrogen-bond acceptors (Lipinski definition) is 5. The lowest BCUT2D eigenvalue weighted by Crippen LogP contribution is -2.58. The number of ether oxygens (including phenoxy) is 2. The highest BCUT2D eigenvalue weighted by molar-refractivity contribution is 5.89. The van der Waals surface area contributed by atoms with Crippen molar-refractivity contribution in [2.24, 2.45) is 0 Å². The van der Waals surface area contributed by atoms with E-state index in [0.717, 1.165) is 5.56 Å². The lowest BCUT2D eigenvalue weighted by Gasteiger charge is -2.38. The fourth-order valence-corrected chi connectivity index (χ4v) is 3.33. The van der Waals surface area contributed by atoms with Crippen LogP contribution in [0.5, 0.6) is 0 Å². The molecule has 0 unspecified atom stereocenters. The standard InChI is InChI=1S/C19H28N2O4/c1-13(16(22)20-18(2,3)17(23)24-6)21-15(12-25-19(21,4)5)14-10-8-7-9-11-14/h7-11,13,15H,12H2,1-6H3,(H,20,22)/t13-,15-/m0/s1. The average molecular weight is 348 g/mol. The summed E-state index contributed by atoms with van der Waals surface area (Å²) in [6, 6.07) is 9.47. The van der Waals surface area contributed by atoms with Crippen molar-refractivity contribution in [1.29, 1.82) is 0 Å². The number of carbonyl (C=O) groups excluding carboxylic acids is 2. The summed E-state index contributed by atoms with van der Waals surface area (Å²) in [5, 5.41) is 2.78. The van der Waals surface area contributed by atoms with Crippen molar-refractivity contribution in [1.82, 2.24) is 10.2 Å². The van der Waals surface area contributed by atoms with Crippen LogP contribution < -0.4 is 5.32 Å². The minimum Gasteiger partial charge on any atom is -0.467 e. The van der Waals surface area contributed by atoms with Gasteiger partial charge in [-0.2, -0.15) is 0 Å². The number of benzene rings is 1. The Balaban J connectivity index is 2.23. The van der Waals surface area contributed by atoms with Crippen LogP contribution in [0.25, 0.3) is 0 Å². The van der Waals surface area contributed by atoms with Crippen LogP contribution in [-0.4, -0.2) is 47.8 Å². The summed E-state index contributed by atoms with van der Waals surface area (Å²) in [6.07, 6.45) is 0. The van der Waals surface area contributed by atoms with Gasteiger partial charge < -0.3 is 14.8 Å². The first-order chi connectivity index (χ1) is 11.6. The summed E-state index contributed by atoms with van der Waals surface area (Å²) in [5.41, 5.74) is -0.584. The van der Waals surface area contributed by atoms with Crippen molar-refractivity contribution >= 4 is 11.9 Å². The molecule has 0 aliphatic carbocycles. The first-order valence-corrected chi connectivity index (χ1v) is 8.48. The van der Waals surface area contributed by atoms with Crippen LogP contribution in [0.15, 0.2) is 30.3 Å². The zero-order valence-electron chi connectivity index (χ0n) is 15.8. The van der Waals surface area contributed by atoms with Crippen LogP contribution >= 0.6 is 0 Å². The molecule has 0 bridgehead atoms. The molecule has 1 fully saturated rings. The quantitative estimate of drug-likeness (QED) is 0.827. The van der Waals surface area contributed by atoms with Gasteiger partial charge in [0.2, 0.25) is 5.91 Å². The largest absolute Gasteiger partial charge is 0.467 e. The van der Waals surface area contributed by atoms with Crippen LogP contribution in [0, 0.1) is 0 Å². The maximum absolute atomic E-state index is 12.8. The first kappa shape index (κ1) is 19.4. The summed E-state index contributed by atoms with van der Waals surface area (Å²) in [7, 11) is 1.31. The van der Waals surface area contributed by atoms with Gasteiger partial charge in [0.15, 0.2) is 0 Å². The van der Waals surface area contributed by atoms with Crippen molar-refractivity contribution in [2.45, 2.75) is 58.0 Å². The van der Waals surface area contributed by atoms with E-state index in [1.54, 1.807) is 13.8 Å². The Hall–Kier alpha value is -1.92. The zero-order chi connectivity index (χ0) is 18.8. The number of amides is 1. The molecule has 0 radical (unpaired) electrons. The number of nitrogens with zero attached hydrogens (tertiary/aromatic N) is 1.